The standard InChI is InChI=1S/C7H7NO2/c9-6-10-5-7-2-1-3-8-4-7/h1-4,6H,5H2. The van der Waals surface area contributed by atoms with Crippen LogP contribution in [0.1, 0.15) is 5.56 Å². The molecule has 0 aromatic carbocycles. The molecule has 0 radical (unpaired) electrons. The van der Waals surface area contributed by atoms with Gasteiger partial charge in [0.25, 0.3) is 6.47 Å². The molecule has 0 bridgehead atoms. The Bertz CT molecular complexity index is 198. The summed E-state index contributed by atoms with van der Waals surface area (Å²) in [4.78, 5) is 13.6. The van der Waals surface area contributed by atoms with Crippen LogP contribution in [0.2, 0.25) is 0 Å². The van der Waals surface area contributed by atoms with E-state index in [1.165, 1.54) is 0 Å². The van der Waals surface area contributed by atoms with Crippen LogP contribution >= 0.6 is 0 Å². The fourth-order valence-electron chi connectivity index (χ4n) is 0.614. The molecule has 0 atom stereocenters. The van der Waals surface area contributed by atoms with Gasteiger partial charge in [-0.1, -0.05) is 6.07 Å². The normalized spacial score (nSPS) is 8.80. The first-order chi connectivity index (χ1) is 4.93. The topological polar surface area (TPSA) is 39.2 Å². The van der Waals surface area contributed by atoms with Gasteiger partial charge in [0.1, 0.15) is 6.61 Å². The second-order valence-electron chi connectivity index (χ2n) is 1.77. The molecule has 52 valence electrons. The van der Waals surface area contributed by atoms with Crippen molar-refractivity contribution in [1.29, 1.82) is 0 Å². The van der Waals surface area contributed by atoms with Crippen molar-refractivity contribution >= 4 is 6.47 Å². The van der Waals surface area contributed by atoms with E-state index < -0.39 is 0 Å². The second kappa shape index (κ2) is 3.61. The van der Waals surface area contributed by atoms with Crippen molar-refractivity contribution in [3.63, 3.8) is 0 Å². The summed E-state index contributed by atoms with van der Waals surface area (Å²) in [5.74, 6) is 0. The zero-order valence-corrected chi connectivity index (χ0v) is 5.36. The lowest BCUT2D eigenvalue weighted by Gasteiger charge is -1.95. The zero-order chi connectivity index (χ0) is 7.23. The van der Waals surface area contributed by atoms with Gasteiger partial charge in [0.2, 0.25) is 0 Å². The van der Waals surface area contributed by atoms with E-state index in [9.17, 15) is 4.79 Å². The lowest BCUT2D eigenvalue weighted by atomic mass is 10.3. The third-order valence-corrected chi connectivity index (χ3v) is 1.04. The minimum absolute atomic E-state index is 0.303. The van der Waals surface area contributed by atoms with Gasteiger partial charge in [-0.25, -0.2) is 0 Å². The van der Waals surface area contributed by atoms with Crippen LogP contribution in [0.3, 0.4) is 0 Å². The highest BCUT2D eigenvalue weighted by atomic mass is 16.5. The molecular formula is C7H7NO2. The summed E-state index contributed by atoms with van der Waals surface area (Å²) in [6.07, 6.45) is 3.33. The smallest absolute Gasteiger partial charge is 0.293 e. The number of carbonyl (C=O) groups excluding carboxylic acids is 1. The van der Waals surface area contributed by atoms with Gasteiger partial charge < -0.3 is 4.74 Å². The van der Waals surface area contributed by atoms with Gasteiger partial charge in [0.15, 0.2) is 0 Å². The van der Waals surface area contributed by atoms with Gasteiger partial charge in [0, 0.05) is 18.0 Å². The van der Waals surface area contributed by atoms with Crippen molar-refractivity contribution in [3.05, 3.63) is 30.1 Å². The lowest BCUT2D eigenvalue weighted by Crippen LogP contribution is -1.89. The Balaban J connectivity index is 2.50. The van der Waals surface area contributed by atoms with Gasteiger partial charge in [0.05, 0.1) is 0 Å². The Kier molecular flexibility index (Phi) is 2.43. The van der Waals surface area contributed by atoms with Crippen molar-refractivity contribution in [1.82, 2.24) is 4.98 Å². The molecule has 0 N–H and O–H groups in total. The minimum Gasteiger partial charge on any atom is -0.463 e. The number of pyridine rings is 1. The number of hydrogen-bond donors (Lipinski definition) is 0. The van der Waals surface area contributed by atoms with Crippen molar-refractivity contribution in [2.75, 3.05) is 0 Å². The molecule has 0 fully saturated rings. The maximum Gasteiger partial charge on any atom is 0.293 e. The largest absolute Gasteiger partial charge is 0.463 e. The summed E-state index contributed by atoms with van der Waals surface area (Å²) in [5.41, 5.74) is 0.898. The third-order valence-electron chi connectivity index (χ3n) is 1.04. The van der Waals surface area contributed by atoms with Crippen molar-refractivity contribution in [3.8, 4) is 0 Å². The van der Waals surface area contributed by atoms with E-state index in [1.807, 2.05) is 6.07 Å². The van der Waals surface area contributed by atoms with Crippen LogP contribution in [0.5, 0.6) is 0 Å². The molecule has 10 heavy (non-hydrogen) atoms. The monoisotopic (exact) mass is 137 g/mol. The first-order valence-electron chi connectivity index (χ1n) is 2.87. The number of ether oxygens (including phenoxy) is 1. The Morgan fingerprint density at radius 2 is 2.60 bits per heavy atom. The first kappa shape index (κ1) is 6.74. The van der Waals surface area contributed by atoms with Crippen LogP contribution in [0.15, 0.2) is 24.5 Å². The van der Waals surface area contributed by atoms with Gasteiger partial charge >= 0.3 is 0 Å². The Morgan fingerprint density at radius 3 is 3.20 bits per heavy atom. The molecule has 0 aliphatic carbocycles. The molecule has 0 aliphatic heterocycles. The van der Waals surface area contributed by atoms with Gasteiger partial charge in [-0.05, 0) is 6.07 Å². The van der Waals surface area contributed by atoms with Gasteiger partial charge in [-0.2, -0.15) is 0 Å². The third kappa shape index (κ3) is 1.85. The van der Waals surface area contributed by atoms with E-state index in [2.05, 4.69) is 9.72 Å². The van der Waals surface area contributed by atoms with E-state index in [4.69, 9.17) is 0 Å². The first-order valence-corrected chi connectivity index (χ1v) is 2.87. The molecule has 1 aromatic rings. The average Bonchev–Trinajstić information content (AvgIpc) is 2.03. The second-order valence-corrected chi connectivity index (χ2v) is 1.77. The number of nitrogens with zero attached hydrogens (tertiary/aromatic N) is 1. The van der Waals surface area contributed by atoms with Crippen LogP contribution in [-0.4, -0.2) is 11.5 Å². The summed E-state index contributed by atoms with van der Waals surface area (Å²) in [6, 6.07) is 3.64. The predicted octanol–water partition coefficient (Wildman–Crippen LogP) is 0.755. The molecule has 0 aliphatic rings. The molecule has 1 heterocycles. The maximum atomic E-state index is 9.74. The van der Waals surface area contributed by atoms with Crippen LogP contribution in [0, 0.1) is 0 Å². The maximum absolute atomic E-state index is 9.74. The highest BCUT2D eigenvalue weighted by Gasteiger charge is 1.88. The highest BCUT2D eigenvalue weighted by Crippen LogP contribution is 1.95. The van der Waals surface area contributed by atoms with Crippen LogP contribution < -0.4 is 0 Å². The van der Waals surface area contributed by atoms with Crippen molar-refractivity contribution in [2.45, 2.75) is 6.61 Å². The Morgan fingerprint density at radius 1 is 1.70 bits per heavy atom. The van der Waals surface area contributed by atoms with E-state index in [0.717, 1.165) is 5.56 Å². The summed E-state index contributed by atoms with van der Waals surface area (Å²) in [6.45, 7) is 0.727. The zero-order valence-electron chi connectivity index (χ0n) is 5.36. The van der Waals surface area contributed by atoms with E-state index in [0.29, 0.717) is 13.1 Å². The summed E-state index contributed by atoms with van der Waals surface area (Å²) < 4.78 is 4.50. The molecule has 0 amide bonds. The van der Waals surface area contributed by atoms with Gasteiger partial charge in [-0.15, -0.1) is 0 Å². The van der Waals surface area contributed by atoms with Crippen LogP contribution in [0.4, 0.5) is 0 Å². The molecule has 3 heteroatoms. The SMILES string of the molecule is O=COCc1cccnc1. The average molecular weight is 137 g/mol. The fraction of sp³-hybridized carbons (Fsp3) is 0.143. The molecule has 1 aromatic heterocycles. The van der Waals surface area contributed by atoms with Gasteiger partial charge in [-0.3, -0.25) is 9.78 Å². The van der Waals surface area contributed by atoms with E-state index in [1.54, 1.807) is 18.5 Å². The molecule has 1 rings (SSSR count). The van der Waals surface area contributed by atoms with E-state index in [-0.39, 0.29) is 0 Å². The highest BCUT2D eigenvalue weighted by molar-refractivity contribution is 5.37. The fourth-order valence-corrected chi connectivity index (χ4v) is 0.614. The summed E-state index contributed by atoms with van der Waals surface area (Å²) >= 11 is 0. The molecule has 3 nitrogen and oxygen atoms in total. The number of carbonyl (C=O) groups is 1. The quantitative estimate of drug-likeness (QED) is 0.577. The molecule has 0 saturated carbocycles. The van der Waals surface area contributed by atoms with E-state index >= 15 is 0 Å². The van der Waals surface area contributed by atoms with Crippen LogP contribution in [0.25, 0.3) is 0 Å². The Labute approximate surface area is 58.7 Å². The summed E-state index contributed by atoms with van der Waals surface area (Å²) in [7, 11) is 0. The lowest BCUT2D eigenvalue weighted by molar-refractivity contribution is -0.129. The van der Waals surface area contributed by atoms with Crippen LogP contribution in [-0.2, 0) is 16.1 Å². The minimum atomic E-state index is 0.303. The molecule has 0 spiro atoms. The molecule has 0 unspecified atom stereocenters. The summed E-state index contributed by atoms with van der Waals surface area (Å²) in [5, 5.41) is 0. The number of aromatic nitrogens is 1. The molecular weight excluding hydrogens is 130 g/mol. The number of rotatable bonds is 3. The predicted molar refractivity (Wildman–Crippen MR) is 35.1 cm³/mol. The molecule has 0 saturated heterocycles. The van der Waals surface area contributed by atoms with Crippen molar-refractivity contribution in [2.24, 2.45) is 0 Å². The Hall–Kier alpha value is -1.38. The number of hydrogen-bond acceptors (Lipinski definition) is 3. The van der Waals surface area contributed by atoms with Crippen molar-refractivity contribution < 1.29 is 9.53 Å².